The monoisotopic (exact) mass is 325 g/mol. The van der Waals surface area contributed by atoms with Crippen LogP contribution in [0.2, 0.25) is 4.47 Å². The molecule has 1 aromatic rings. The van der Waals surface area contributed by atoms with Gasteiger partial charge in [0.2, 0.25) is 5.91 Å². The first kappa shape index (κ1) is 16.4. The van der Waals surface area contributed by atoms with Gasteiger partial charge in [-0.1, -0.05) is 22.9 Å². The first-order valence-corrected chi connectivity index (χ1v) is 8.27. The molecule has 0 aliphatic carbocycles. The van der Waals surface area contributed by atoms with Crippen LogP contribution in [0.25, 0.3) is 0 Å². The number of hydrogen-bond donors (Lipinski definition) is 1. The highest BCUT2D eigenvalue weighted by Crippen LogP contribution is 2.26. The van der Waals surface area contributed by atoms with Crippen molar-refractivity contribution in [1.82, 2.24) is 14.6 Å². The first-order chi connectivity index (χ1) is 8.69. The number of carbonyl (C=O) groups is 1. The number of amides is 1. The SMILES string of the molecule is CCN(C)C(=O)C(C)NS(=O)(=O)c1sc(Cl)nc1C. The molecule has 6 nitrogen and oxygen atoms in total. The van der Waals surface area contributed by atoms with Gasteiger partial charge in [-0.25, -0.2) is 13.4 Å². The third kappa shape index (κ3) is 3.88. The lowest BCUT2D eigenvalue weighted by Gasteiger charge is -2.20. The van der Waals surface area contributed by atoms with Crippen LogP contribution in [-0.2, 0) is 14.8 Å². The molecule has 1 rings (SSSR count). The number of rotatable bonds is 5. The Kier molecular flexibility index (Phi) is 5.31. The fourth-order valence-electron chi connectivity index (χ4n) is 1.42. The number of carbonyl (C=O) groups excluding carboxylic acids is 1. The number of hydrogen-bond acceptors (Lipinski definition) is 5. The molecule has 0 bridgehead atoms. The van der Waals surface area contributed by atoms with E-state index in [1.54, 1.807) is 14.0 Å². The number of aryl methyl sites for hydroxylation is 1. The summed E-state index contributed by atoms with van der Waals surface area (Å²) in [6.45, 7) is 5.38. The molecule has 1 aromatic heterocycles. The molecule has 1 amide bonds. The second-order valence-corrected chi connectivity index (χ2v) is 7.53. The van der Waals surface area contributed by atoms with Gasteiger partial charge in [0.1, 0.15) is 0 Å². The van der Waals surface area contributed by atoms with Gasteiger partial charge < -0.3 is 4.90 Å². The van der Waals surface area contributed by atoms with E-state index >= 15 is 0 Å². The van der Waals surface area contributed by atoms with Crippen molar-refractivity contribution in [2.75, 3.05) is 13.6 Å². The molecule has 9 heteroatoms. The summed E-state index contributed by atoms with van der Waals surface area (Å²) in [4.78, 5) is 17.1. The van der Waals surface area contributed by atoms with E-state index in [1.807, 2.05) is 6.92 Å². The van der Waals surface area contributed by atoms with E-state index in [2.05, 4.69) is 9.71 Å². The van der Waals surface area contributed by atoms with Gasteiger partial charge in [0.05, 0.1) is 11.7 Å². The maximum atomic E-state index is 12.1. The van der Waals surface area contributed by atoms with Crippen LogP contribution in [0, 0.1) is 6.92 Å². The predicted molar refractivity (Wildman–Crippen MR) is 75.0 cm³/mol. The molecule has 0 aromatic carbocycles. The lowest BCUT2D eigenvalue weighted by molar-refractivity contribution is -0.131. The summed E-state index contributed by atoms with van der Waals surface area (Å²) in [5, 5.41) is 0. The number of nitrogens with zero attached hydrogens (tertiary/aromatic N) is 2. The van der Waals surface area contributed by atoms with E-state index < -0.39 is 16.1 Å². The Bertz CT molecular complexity index is 571. The van der Waals surface area contributed by atoms with Crippen LogP contribution in [0.15, 0.2) is 4.21 Å². The zero-order valence-corrected chi connectivity index (χ0v) is 13.5. The standard InChI is InChI=1S/C10H16ClN3O3S2/c1-5-14(4)8(15)6(2)13-19(16,17)9-7(3)12-10(11)18-9/h6,13H,5H2,1-4H3. The van der Waals surface area contributed by atoms with Crippen molar-refractivity contribution < 1.29 is 13.2 Å². The molecule has 0 saturated carbocycles. The lowest BCUT2D eigenvalue weighted by Crippen LogP contribution is -2.45. The van der Waals surface area contributed by atoms with E-state index in [-0.39, 0.29) is 14.6 Å². The molecule has 1 atom stereocenters. The molecule has 0 radical (unpaired) electrons. The maximum absolute atomic E-state index is 12.1. The number of halogens is 1. The predicted octanol–water partition coefficient (Wildman–Crippen LogP) is 1.25. The van der Waals surface area contributed by atoms with Gasteiger partial charge in [0, 0.05) is 13.6 Å². The molecule has 0 fully saturated rings. The van der Waals surface area contributed by atoms with Gasteiger partial charge in [-0.15, -0.1) is 0 Å². The smallest absolute Gasteiger partial charge is 0.252 e. The van der Waals surface area contributed by atoms with E-state index in [4.69, 9.17) is 11.6 Å². The third-order valence-corrected chi connectivity index (χ3v) is 5.94. The van der Waals surface area contributed by atoms with Crippen LogP contribution < -0.4 is 4.72 Å². The summed E-state index contributed by atoms with van der Waals surface area (Å²) >= 11 is 6.55. The highest BCUT2D eigenvalue weighted by molar-refractivity contribution is 7.91. The second-order valence-electron chi connectivity index (χ2n) is 4.04. The summed E-state index contributed by atoms with van der Waals surface area (Å²) in [6.07, 6.45) is 0. The topological polar surface area (TPSA) is 79.4 Å². The Hall–Kier alpha value is -0.700. The number of aromatic nitrogens is 1. The molecule has 0 spiro atoms. The van der Waals surface area contributed by atoms with Crippen molar-refractivity contribution in [3.63, 3.8) is 0 Å². The summed E-state index contributed by atoms with van der Waals surface area (Å²) in [5.41, 5.74) is 0.325. The van der Waals surface area contributed by atoms with Crippen LogP contribution >= 0.6 is 22.9 Å². The Morgan fingerprint density at radius 1 is 1.58 bits per heavy atom. The molecule has 0 aliphatic rings. The van der Waals surface area contributed by atoms with Crippen molar-refractivity contribution in [3.05, 3.63) is 10.2 Å². The zero-order chi connectivity index (χ0) is 14.8. The molecule has 108 valence electrons. The molecule has 19 heavy (non-hydrogen) atoms. The Balaban J connectivity index is 2.92. The van der Waals surface area contributed by atoms with Crippen LogP contribution in [0.4, 0.5) is 0 Å². The highest BCUT2D eigenvalue weighted by Gasteiger charge is 2.27. The zero-order valence-electron chi connectivity index (χ0n) is 11.1. The summed E-state index contributed by atoms with van der Waals surface area (Å²) in [6, 6.07) is -0.838. The molecule has 0 aliphatic heterocycles. The number of likely N-dealkylation sites (N-methyl/N-ethyl adjacent to an activating group) is 1. The van der Waals surface area contributed by atoms with Crippen molar-refractivity contribution in [1.29, 1.82) is 0 Å². The van der Waals surface area contributed by atoms with Crippen molar-refractivity contribution >= 4 is 38.9 Å². The number of sulfonamides is 1. The lowest BCUT2D eigenvalue weighted by atomic mass is 10.3. The largest absolute Gasteiger partial charge is 0.345 e. The average molecular weight is 326 g/mol. The Morgan fingerprint density at radius 3 is 2.58 bits per heavy atom. The Labute approximate surface area is 121 Å². The molecular weight excluding hydrogens is 310 g/mol. The van der Waals surface area contributed by atoms with Gasteiger partial charge in [-0.2, -0.15) is 4.72 Å². The second kappa shape index (κ2) is 6.17. The minimum atomic E-state index is -3.78. The number of thiazole rings is 1. The van der Waals surface area contributed by atoms with Crippen molar-refractivity contribution in [3.8, 4) is 0 Å². The van der Waals surface area contributed by atoms with Gasteiger partial charge in [0.25, 0.3) is 10.0 Å². The summed E-state index contributed by atoms with van der Waals surface area (Å²) in [7, 11) is -2.17. The van der Waals surface area contributed by atoms with Gasteiger partial charge in [-0.3, -0.25) is 4.79 Å². The number of nitrogens with one attached hydrogen (secondary N) is 1. The fraction of sp³-hybridized carbons (Fsp3) is 0.600. The van der Waals surface area contributed by atoms with E-state index in [0.29, 0.717) is 12.2 Å². The van der Waals surface area contributed by atoms with Crippen LogP contribution in [-0.4, -0.2) is 43.8 Å². The molecule has 1 N–H and O–H groups in total. The van der Waals surface area contributed by atoms with Gasteiger partial charge in [-0.05, 0) is 20.8 Å². The van der Waals surface area contributed by atoms with E-state index in [9.17, 15) is 13.2 Å². The van der Waals surface area contributed by atoms with Gasteiger partial charge in [0.15, 0.2) is 8.68 Å². The van der Waals surface area contributed by atoms with E-state index in [0.717, 1.165) is 11.3 Å². The van der Waals surface area contributed by atoms with Gasteiger partial charge >= 0.3 is 0 Å². The summed E-state index contributed by atoms with van der Waals surface area (Å²) in [5.74, 6) is -0.292. The maximum Gasteiger partial charge on any atom is 0.252 e. The van der Waals surface area contributed by atoms with Crippen molar-refractivity contribution in [2.45, 2.75) is 31.0 Å². The molecule has 0 saturated heterocycles. The molecule has 1 unspecified atom stereocenters. The molecular formula is C10H16ClN3O3S2. The minimum absolute atomic E-state index is 0.0382. The minimum Gasteiger partial charge on any atom is -0.345 e. The van der Waals surface area contributed by atoms with E-state index in [1.165, 1.54) is 11.8 Å². The highest BCUT2D eigenvalue weighted by atomic mass is 35.5. The summed E-state index contributed by atoms with van der Waals surface area (Å²) < 4.78 is 26.8. The van der Waals surface area contributed by atoms with Crippen LogP contribution in [0.1, 0.15) is 19.5 Å². The third-order valence-electron chi connectivity index (χ3n) is 2.52. The Morgan fingerprint density at radius 2 is 2.16 bits per heavy atom. The van der Waals surface area contributed by atoms with Crippen LogP contribution in [0.3, 0.4) is 0 Å². The first-order valence-electron chi connectivity index (χ1n) is 5.59. The fourth-order valence-corrected chi connectivity index (χ4v) is 4.38. The molecule has 1 heterocycles. The normalized spacial score (nSPS) is 13.3. The van der Waals surface area contributed by atoms with Crippen LogP contribution in [0.5, 0.6) is 0 Å². The average Bonchev–Trinajstić information content (AvgIpc) is 2.66. The van der Waals surface area contributed by atoms with Crippen molar-refractivity contribution in [2.24, 2.45) is 0 Å². The quantitative estimate of drug-likeness (QED) is 0.883.